The smallest absolute Gasteiger partial charge is 0.195 e. The zero-order chi connectivity index (χ0) is 12.6. The van der Waals surface area contributed by atoms with Gasteiger partial charge in [0.05, 0.1) is 0 Å². The fourth-order valence-electron chi connectivity index (χ4n) is 1.44. The van der Waals surface area contributed by atoms with Gasteiger partial charge in [0.1, 0.15) is 0 Å². The van der Waals surface area contributed by atoms with Gasteiger partial charge in [0.25, 0.3) is 0 Å². The van der Waals surface area contributed by atoms with E-state index < -0.39 is 17.5 Å². The highest BCUT2D eigenvalue weighted by Crippen LogP contribution is 2.33. The lowest BCUT2D eigenvalue weighted by Crippen LogP contribution is -1.94. The van der Waals surface area contributed by atoms with E-state index in [1.165, 1.54) is 18.2 Å². The molecule has 0 aliphatic carbocycles. The minimum Gasteiger partial charge on any atom is -0.204 e. The van der Waals surface area contributed by atoms with Crippen LogP contribution in [0.15, 0.2) is 30.3 Å². The predicted molar refractivity (Wildman–Crippen MR) is 61.8 cm³/mol. The van der Waals surface area contributed by atoms with Crippen LogP contribution in [0.4, 0.5) is 13.2 Å². The van der Waals surface area contributed by atoms with Crippen LogP contribution in [0.1, 0.15) is 0 Å². The Hall–Kier alpha value is -1.19. The summed E-state index contributed by atoms with van der Waals surface area (Å²) in [6.45, 7) is 0. The molecule has 0 radical (unpaired) electrons. The molecule has 2 aromatic carbocycles. The van der Waals surface area contributed by atoms with Gasteiger partial charge in [0, 0.05) is 21.2 Å². The first-order chi connectivity index (χ1) is 8.00. The SMILES string of the molecule is Fc1ccc(-c2ccc(Cl)cc2Cl)c(F)c1F. The molecular formula is C12H5Cl2F3. The Kier molecular flexibility index (Phi) is 3.31. The van der Waals surface area contributed by atoms with Crippen LogP contribution in [0.5, 0.6) is 0 Å². The lowest BCUT2D eigenvalue weighted by atomic mass is 10.0. The molecule has 0 heterocycles. The van der Waals surface area contributed by atoms with Crippen molar-refractivity contribution in [3.63, 3.8) is 0 Å². The molecule has 0 N–H and O–H groups in total. The molecule has 0 atom stereocenters. The summed E-state index contributed by atoms with van der Waals surface area (Å²) >= 11 is 11.5. The van der Waals surface area contributed by atoms with Gasteiger partial charge in [0.15, 0.2) is 17.5 Å². The van der Waals surface area contributed by atoms with Crippen LogP contribution < -0.4 is 0 Å². The van der Waals surface area contributed by atoms with Gasteiger partial charge in [-0.05, 0) is 24.3 Å². The molecule has 0 amide bonds. The largest absolute Gasteiger partial charge is 0.204 e. The lowest BCUT2D eigenvalue weighted by Gasteiger charge is -2.07. The molecule has 2 rings (SSSR count). The number of rotatable bonds is 1. The van der Waals surface area contributed by atoms with E-state index in [9.17, 15) is 13.2 Å². The Bertz CT molecular complexity index is 582. The van der Waals surface area contributed by atoms with Gasteiger partial charge >= 0.3 is 0 Å². The maximum atomic E-state index is 13.5. The molecule has 0 saturated heterocycles. The van der Waals surface area contributed by atoms with Gasteiger partial charge in [0.2, 0.25) is 0 Å². The summed E-state index contributed by atoms with van der Waals surface area (Å²) < 4.78 is 39.4. The van der Waals surface area contributed by atoms with Gasteiger partial charge in [-0.3, -0.25) is 0 Å². The average molecular weight is 277 g/mol. The van der Waals surface area contributed by atoms with Crippen molar-refractivity contribution in [3.05, 3.63) is 57.8 Å². The van der Waals surface area contributed by atoms with Gasteiger partial charge in [-0.2, -0.15) is 0 Å². The lowest BCUT2D eigenvalue weighted by molar-refractivity contribution is 0.449. The van der Waals surface area contributed by atoms with Crippen molar-refractivity contribution in [2.45, 2.75) is 0 Å². The minimum atomic E-state index is -1.52. The third-order valence-electron chi connectivity index (χ3n) is 2.26. The van der Waals surface area contributed by atoms with Crippen LogP contribution in [0, 0.1) is 17.5 Å². The quantitative estimate of drug-likeness (QED) is 0.638. The van der Waals surface area contributed by atoms with Crippen molar-refractivity contribution in [2.24, 2.45) is 0 Å². The topological polar surface area (TPSA) is 0 Å². The Morgan fingerprint density at radius 1 is 0.765 bits per heavy atom. The minimum absolute atomic E-state index is 0.106. The van der Waals surface area contributed by atoms with Crippen molar-refractivity contribution in [2.75, 3.05) is 0 Å². The van der Waals surface area contributed by atoms with Gasteiger partial charge in [-0.1, -0.05) is 29.3 Å². The fraction of sp³-hybridized carbons (Fsp3) is 0. The highest BCUT2D eigenvalue weighted by Gasteiger charge is 2.16. The fourth-order valence-corrected chi connectivity index (χ4v) is 1.95. The molecule has 0 aromatic heterocycles. The van der Waals surface area contributed by atoms with Crippen LogP contribution in [-0.4, -0.2) is 0 Å². The second kappa shape index (κ2) is 4.59. The Morgan fingerprint density at radius 2 is 1.41 bits per heavy atom. The molecule has 0 unspecified atom stereocenters. The highest BCUT2D eigenvalue weighted by atomic mass is 35.5. The molecule has 88 valence electrons. The first-order valence-corrected chi connectivity index (χ1v) is 5.35. The maximum absolute atomic E-state index is 13.5. The standard InChI is InChI=1S/C12H5Cl2F3/c13-6-1-2-7(9(14)5-6)8-3-4-10(15)12(17)11(8)16/h1-5H. The van der Waals surface area contributed by atoms with E-state index in [-0.39, 0.29) is 16.1 Å². The zero-order valence-electron chi connectivity index (χ0n) is 8.28. The second-order valence-corrected chi connectivity index (χ2v) is 4.19. The van der Waals surface area contributed by atoms with Crippen molar-refractivity contribution in [1.82, 2.24) is 0 Å². The van der Waals surface area contributed by atoms with Crippen LogP contribution in [0.2, 0.25) is 10.0 Å². The maximum Gasteiger partial charge on any atom is 0.195 e. The molecule has 2 aromatic rings. The zero-order valence-corrected chi connectivity index (χ0v) is 9.79. The molecule has 17 heavy (non-hydrogen) atoms. The molecule has 0 fully saturated rings. The Morgan fingerprint density at radius 3 is 2.06 bits per heavy atom. The summed E-state index contributed by atoms with van der Waals surface area (Å²) in [4.78, 5) is 0. The summed E-state index contributed by atoms with van der Waals surface area (Å²) in [5.41, 5.74) is 0.151. The summed E-state index contributed by atoms with van der Waals surface area (Å²) in [5, 5.41) is 0.546. The molecular weight excluding hydrogens is 272 g/mol. The molecule has 0 spiro atoms. The van der Waals surface area contributed by atoms with Crippen LogP contribution >= 0.6 is 23.2 Å². The summed E-state index contributed by atoms with van der Waals surface area (Å²) in [6.07, 6.45) is 0. The average Bonchev–Trinajstić information content (AvgIpc) is 2.28. The summed E-state index contributed by atoms with van der Waals surface area (Å²) in [7, 11) is 0. The first kappa shape index (κ1) is 12.3. The molecule has 0 saturated carbocycles. The molecule has 0 nitrogen and oxygen atoms in total. The van der Waals surface area contributed by atoms with Crippen molar-refractivity contribution < 1.29 is 13.2 Å². The monoisotopic (exact) mass is 276 g/mol. The molecule has 0 aliphatic rings. The predicted octanol–water partition coefficient (Wildman–Crippen LogP) is 5.08. The highest BCUT2D eigenvalue weighted by molar-refractivity contribution is 6.36. The number of hydrogen-bond donors (Lipinski definition) is 0. The van der Waals surface area contributed by atoms with E-state index in [1.807, 2.05) is 0 Å². The first-order valence-electron chi connectivity index (χ1n) is 4.59. The van der Waals surface area contributed by atoms with E-state index in [4.69, 9.17) is 23.2 Å². The van der Waals surface area contributed by atoms with Gasteiger partial charge in [-0.25, -0.2) is 13.2 Å². The second-order valence-electron chi connectivity index (χ2n) is 3.35. The van der Waals surface area contributed by atoms with E-state index in [0.717, 1.165) is 12.1 Å². The van der Waals surface area contributed by atoms with Crippen LogP contribution in [0.3, 0.4) is 0 Å². The molecule has 0 aliphatic heterocycles. The van der Waals surface area contributed by atoms with Crippen molar-refractivity contribution in [1.29, 1.82) is 0 Å². The third-order valence-corrected chi connectivity index (χ3v) is 2.80. The summed E-state index contributed by atoms with van der Waals surface area (Å²) in [6, 6.07) is 6.31. The van der Waals surface area contributed by atoms with E-state index in [1.54, 1.807) is 0 Å². The number of halogens is 5. The third kappa shape index (κ3) is 2.26. The molecule has 5 heteroatoms. The van der Waals surface area contributed by atoms with Gasteiger partial charge in [-0.15, -0.1) is 0 Å². The van der Waals surface area contributed by atoms with Crippen LogP contribution in [-0.2, 0) is 0 Å². The van der Waals surface area contributed by atoms with E-state index >= 15 is 0 Å². The number of hydrogen-bond acceptors (Lipinski definition) is 0. The normalized spacial score (nSPS) is 10.6. The van der Waals surface area contributed by atoms with Crippen molar-refractivity contribution >= 4 is 23.2 Å². The Balaban J connectivity index is 2.65. The molecule has 0 bridgehead atoms. The Labute approximate surface area is 106 Å². The van der Waals surface area contributed by atoms with E-state index in [2.05, 4.69) is 0 Å². The summed E-state index contributed by atoms with van der Waals surface area (Å²) in [5.74, 6) is -4.03. The van der Waals surface area contributed by atoms with Gasteiger partial charge < -0.3 is 0 Å². The van der Waals surface area contributed by atoms with Crippen LogP contribution in [0.25, 0.3) is 11.1 Å². The number of benzene rings is 2. The van der Waals surface area contributed by atoms with Crippen molar-refractivity contribution in [3.8, 4) is 11.1 Å². The van der Waals surface area contributed by atoms with E-state index in [0.29, 0.717) is 5.02 Å².